The molecule has 0 unspecified atom stereocenters. The van der Waals surface area contributed by atoms with E-state index in [1.54, 1.807) is 0 Å². The van der Waals surface area contributed by atoms with E-state index >= 15 is 0 Å². The van der Waals surface area contributed by atoms with Crippen molar-refractivity contribution in [2.75, 3.05) is 0 Å². The van der Waals surface area contributed by atoms with Crippen molar-refractivity contribution >= 4 is 17.7 Å². The molecule has 1 aliphatic rings. The molecule has 0 amide bonds. The maximum atomic E-state index is 4.89. The summed E-state index contributed by atoms with van der Waals surface area (Å²) in [5.41, 5.74) is 0. The lowest BCUT2D eigenvalue weighted by molar-refractivity contribution is 0.0799. The lowest BCUT2D eigenvalue weighted by Gasteiger charge is -2.04. The van der Waals surface area contributed by atoms with E-state index in [-0.39, 0.29) is 6.10 Å². The summed E-state index contributed by atoms with van der Waals surface area (Å²) in [6.07, 6.45) is 0.211. The van der Waals surface area contributed by atoms with Crippen LogP contribution in [0.25, 0.3) is 0 Å². The molecule has 1 heterocycles. The van der Waals surface area contributed by atoms with E-state index in [1.807, 2.05) is 13.8 Å². The zero-order valence-corrected chi connectivity index (χ0v) is 5.85. The third-order valence-corrected chi connectivity index (χ3v) is 1.91. The molecule has 0 saturated heterocycles. The Morgan fingerprint density at radius 2 is 2.25 bits per heavy atom. The summed E-state index contributed by atoms with van der Waals surface area (Å²) in [6, 6.07) is 0. The minimum Gasteiger partial charge on any atom is -0.391 e. The first-order valence-electron chi connectivity index (χ1n) is 2.64. The normalized spacial score (nSPS) is 36.6. The van der Waals surface area contributed by atoms with E-state index in [9.17, 15) is 0 Å². The molecule has 1 aliphatic heterocycles. The maximum Gasteiger partial charge on any atom is 0.133 e. The Morgan fingerprint density at radius 1 is 1.62 bits per heavy atom. The second kappa shape index (κ2) is 1.97. The van der Waals surface area contributed by atoms with Gasteiger partial charge in [0.15, 0.2) is 0 Å². The van der Waals surface area contributed by atoms with Gasteiger partial charge in [0.05, 0.1) is 0 Å². The average Bonchev–Trinajstić information content (AvgIpc) is 1.98. The summed E-state index contributed by atoms with van der Waals surface area (Å²) < 4.78 is 0. The summed E-state index contributed by atoms with van der Waals surface area (Å²) in [6.45, 7) is 4.03. The zero-order valence-electron chi connectivity index (χ0n) is 4.96. The molecule has 0 radical (unpaired) electrons. The molecule has 3 heteroatoms. The first-order valence-corrected chi connectivity index (χ1v) is 3.09. The molecule has 0 aliphatic carbocycles. The van der Waals surface area contributed by atoms with Crippen LogP contribution in [-0.4, -0.2) is 11.1 Å². The Bertz CT molecular complexity index is 124. The second-order valence-corrected chi connectivity index (χ2v) is 2.51. The minimum absolute atomic E-state index is 0.211. The SMILES string of the molecule is C[C@@H]1ON=C(S)[C@@H]1C. The number of hydrogen-bond donors (Lipinski definition) is 1. The maximum absolute atomic E-state index is 4.89. The Morgan fingerprint density at radius 3 is 2.38 bits per heavy atom. The lowest BCUT2D eigenvalue weighted by atomic mass is 10.1. The van der Waals surface area contributed by atoms with Crippen LogP contribution in [0.15, 0.2) is 5.16 Å². The first-order chi connectivity index (χ1) is 3.72. The van der Waals surface area contributed by atoms with Crippen LogP contribution < -0.4 is 0 Å². The fourth-order valence-electron chi connectivity index (χ4n) is 0.521. The van der Waals surface area contributed by atoms with Gasteiger partial charge in [-0.05, 0) is 6.92 Å². The molecule has 2 nitrogen and oxygen atoms in total. The van der Waals surface area contributed by atoms with Gasteiger partial charge in [-0.1, -0.05) is 12.1 Å². The van der Waals surface area contributed by atoms with E-state index in [0.717, 1.165) is 5.04 Å². The van der Waals surface area contributed by atoms with Gasteiger partial charge in [-0.3, -0.25) is 0 Å². The molecule has 0 bridgehead atoms. The quantitative estimate of drug-likeness (QED) is 0.491. The van der Waals surface area contributed by atoms with Crippen LogP contribution in [0.5, 0.6) is 0 Å². The zero-order chi connectivity index (χ0) is 6.15. The summed E-state index contributed by atoms with van der Waals surface area (Å²) in [5.74, 6) is 0.373. The van der Waals surface area contributed by atoms with Crippen molar-refractivity contribution in [2.45, 2.75) is 20.0 Å². The van der Waals surface area contributed by atoms with Crippen LogP contribution in [0.2, 0.25) is 0 Å². The molecule has 0 aromatic carbocycles. The molecule has 8 heavy (non-hydrogen) atoms. The van der Waals surface area contributed by atoms with Gasteiger partial charge in [0.2, 0.25) is 0 Å². The smallest absolute Gasteiger partial charge is 0.133 e. The van der Waals surface area contributed by atoms with E-state index in [4.69, 9.17) is 4.84 Å². The summed E-state index contributed by atoms with van der Waals surface area (Å²) in [4.78, 5) is 4.89. The van der Waals surface area contributed by atoms with E-state index in [1.165, 1.54) is 0 Å². The molecule has 2 atom stereocenters. The highest BCUT2D eigenvalue weighted by Crippen LogP contribution is 2.18. The van der Waals surface area contributed by atoms with Crippen molar-refractivity contribution in [3.63, 3.8) is 0 Å². The van der Waals surface area contributed by atoms with Gasteiger partial charge in [-0.15, -0.1) is 12.6 Å². The Kier molecular flexibility index (Phi) is 1.47. The van der Waals surface area contributed by atoms with Crippen LogP contribution in [0.4, 0.5) is 0 Å². The topological polar surface area (TPSA) is 21.6 Å². The van der Waals surface area contributed by atoms with Gasteiger partial charge < -0.3 is 4.84 Å². The minimum atomic E-state index is 0.211. The largest absolute Gasteiger partial charge is 0.391 e. The highest BCUT2D eigenvalue weighted by atomic mass is 32.1. The van der Waals surface area contributed by atoms with Crippen molar-refractivity contribution in [3.05, 3.63) is 0 Å². The molecule has 0 spiro atoms. The summed E-state index contributed by atoms with van der Waals surface area (Å²) >= 11 is 4.07. The number of hydrogen-bond acceptors (Lipinski definition) is 2. The van der Waals surface area contributed by atoms with Gasteiger partial charge in [-0.2, -0.15) is 0 Å². The molecule has 0 aromatic rings. The molecular formula is C5H9NOS. The highest BCUT2D eigenvalue weighted by molar-refractivity contribution is 7.97. The predicted molar refractivity (Wildman–Crippen MR) is 36.1 cm³/mol. The van der Waals surface area contributed by atoms with Crippen LogP contribution in [0.3, 0.4) is 0 Å². The Balaban J connectivity index is 2.59. The van der Waals surface area contributed by atoms with Crippen LogP contribution in [0, 0.1) is 5.92 Å². The Labute approximate surface area is 54.3 Å². The number of rotatable bonds is 0. The molecular weight excluding hydrogens is 122 g/mol. The number of nitrogens with zero attached hydrogens (tertiary/aromatic N) is 1. The van der Waals surface area contributed by atoms with E-state index in [0.29, 0.717) is 5.92 Å². The molecule has 0 fully saturated rings. The van der Waals surface area contributed by atoms with Crippen molar-refractivity contribution in [2.24, 2.45) is 11.1 Å². The summed E-state index contributed by atoms with van der Waals surface area (Å²) in [7, 11) is 0. The number of oxime groups is 1. The molecule has 1 rings (SSSR count). The molecule has 46 valence electrons. The summed E-state index contributed by atoms with van der Waals surface area (Å²) in [5, 5.41) is 4.48. The van der Waals surface area contributed by atoms with Gasteiger partial charge in [0, 0.05) is 5.92 Å². The van der Waals surface area contributed by atoms with Crippen molar-refractivity contribution < 1.29 is 4.84 Å². The van der Waals surface area contributed by atoms with E-state index in [2.05, 4.69) is 17.8 Å². The fourth-order valence-corrected chi connectivity index (χ4v) is 0.779. The van der Waals surface area contributed by atoms with Crippen LogP contribution >= 0.6 is 12.6 Å². The standard InChI is InChI=1S/C5H9NOS/c1-3-4(2)7-6-5(3)8/h3-4H,1-2H3,(H,6,8)/t3-,4+/m1/s1. The monoisotopic (exact) mass is 131 g/mol. The third-order valence-electron chi connectivity index (χ3n) is 1.42. The van der Waals surface area contributed by atoms with Crippen LogP contribution in [-0.2, 0) is 4.84 Å². The van der Waals surface area contributed by atoms with Gasteiger partial charge in [0.25, 0.3) is 0 Å². The van der Waals surface area contributed by atoms with Crippen molar-refractivity contribution in [1.82, 2.24) is 0 Å². The van der Waals surface area contributed by atoms with Crippen molar-refractivity contribution in [3.8, 4) is 0 Å². The van der Waals surface area contributed by atoms with Crippen molar-refractivity contribution in [1.29, 1.82) is 0 Å². The van der Waals surface area contributed by atoms with E-state index < -0.39 is 0 Å². The third kappa shape index (κ3) is 0.823. The van der Waals surface area contributed by atoms with Gasteiger partial charge >= 0.3 is 0 Å². The average molecular weight is 131 g/mol. The predicted octanol–water partition coefficient (Wildman–Crippen LogP) is 1.28. The highest BCUT2D eigenvalue weighted by Gasteiger charge is 2.23. The van der Waals surface area contributed by atoms with Gasteiger partial charge in [-0.25, -0.2) is 0 Å². The first kappa shape index (κ1) is 5.95. The van der Waals surface area contributed by atoms with Crippen LogP contribution in [0.1, 0.15) is 13.8 Å². The lowest BCUT2D eigenvalue weighted by Crippen LogP contribution is -2.12. The Hall–Kier alpha value is -0.180. The fraction of sp³-hybridized carbons (Fsp3) is 0.800. The second-order valence-electron chi connectivity index (χ2n) is 2.05. The molecule has 0 saturated carbocycles. The number of thiol groups is 1. The molecule has 0 aromatic heterocycles. The van der Waals surface area contributed by atoms with Gasteiger partial charge in [0.1, 0.15) is 11.1 Å². The molecule has 0 N–H and O–H groups in total.